The van der Waals surface area contributed by atoms with Gasteiger partial charge in [-0.3, -0.25) is 0 Å². The summed E-state index contributed by atoms with van der Waals surface area (Å²) in [6.45, 7) is 10.1. The van der Waals surface area contributed by atoms with Gasteiger partial charge in [-0.2, -0.15) is 0 Å². The van der Waals surface area contributed by atoms with Gasteiger partial charge in [0.2, 0.25) is 0 Å². The molecule has 0 aliphatic carbocycles. The lowest BCUT2D eigenvalue weighted by Crippen LogP contribution is -2.37. The molecule has 0 amide bonds. The summed E-state index contributed by atoms with van der Waals surface area (Å²) in [5, 5.41) is 10.2. The summed E-state index contributed by atoms with van der Waals surface area (Å²) in [4.78, 5) is 0. The maximum Gasteiger partial charge on any atom is 0.0781 e. The zero-order chi connectivity index (χ0) is 12.5. The number of aliphatic hydroxyl groups excluding tert-OH is 1. The van der Waals surface area contributed by atoms with Gasteiger partial charge >= 0.3 is 0 Å². The molecule has 0 heterocycles. The van der Waals surface area contributed by atoms with Gasteiger partial charge in [-0.05, 0) is 36.0 Å². The van der Waals surface area contributed by atoms with Gasteiger partial charge in [0.25, 0.3) is 0 Å². The first kappa shape index (κ1) is 13.2. The second-order valence-corrected chi connectivity index (χ2v) is 5.64. The summed E-state index contributed by atoms with van der Waals surface area (Å²) in [6, 6.07) is 5.78. The molecule has 0 spiro atoms. The Morgan fingerprint density at radius 2 is 1.56 bits per heavy atom. The molecule has 2 atom stereocenters. The van der Waals surface area contributed by atoms with Crippen molar-refractivity contribution in [1.29, 1.82) is 0 Å². The molecule has 0 saturated heterocycles. The monoisotopic (exact) mass is 221 g/mol. The molecule has 0 unspecified atom stereocenters. The number of rotatable bonds is 2. The average molecular weight is 221 g/mol. The van der Waals surface area contributed by atoms with E-state index >= 15 is 0 Å². The van der Waals surface area contributed by atoms with Crippen molar-refractivity contribution >= 4 is 0 Å². The minimum Gasteiger partial charge on any atom is -0.391 e. The highest BCUT2D eigenvalue weighted by atomic mass is 16.3. The molecular weight excluding hydrogens is 198 g/mol. The summed E-state index contributed by atoms with van der Waals surface area (Å²) in [5.74, 6) is 0. The third-order valence-electron chi connectivity index (χ3n) is 3.10. The van der Waals surface area contributed by atoms with Crippen LogP contribution < -0.4 is 5.73 Å². The van der Waals surface area contributed by atoms with E-state index in [4.69, 9.17) is 5.73 Å². The van der Waals surface area contributed by atoms with Crippen LogP contribution in [0.3, 0.4) is 0 Å². The minimum atomic E-state index is -0.535. The Bertz CT molecular complexity index is 345. The number of nitrogens with two attached hydrogens (primary N) is 1. The van der Waals surface area contributed by atoms with Gasteiger partial charge in [-0.25, -0.2) is 0 Å². The van der Waals surface area contributed by atoms with Gasteiger partial charge in [-0.1, -0.05) is 39.0 Å². The largest absolute Gasteiger partial charge is 0.391 e. The van der Waals surface area contributed by atoms with E-state index in [1.807, 2.05) is 52.8 Å². The first-order valence-electron chi connectivity index (χ1n) is 5.75. The lowest BCUT2D eigenvalue weighted by molar-refractivity contribution is 0.0398. The van der Waals surface area contributed by atoms with Crippen molar-refractivity contribution in [1.82, 2.24) is 0 Å². The van der Waals surface area contributed by atoms with Gasteiger partial charge in [0.05, 0.1) is 12.1 Å². The van der Waals surface area contributed by atoms with Crippen LogP contribution in [0.5, 0.6) is 0 Å². The minimum absolute atomic E-state index is 0.200. The summed E-state index contributed by atoms with van der Waals surface area (Å²) in [5.41, 5.74) is 9.35. The third-order valence-corrected chi connectivity index (χ3v) is 3.10. The fourth-order valence-electron chi connectivity index (χ4n) is 2.05. The summed E-state index contributed by atoms with van der Waals surface area (Å²) in [6.07, 6.45) is -0.535. The highest BCUT2D eigenvalue weighted by Gasteiger charge is 2.30. The van der Waals surface area contributed by atoms with E-state index in [1.54, 1.807) is 0 Å². The smallest absolute Gasteiger partial charge is 0.0781 e. The maximum atomic E-state index is 10.2. The highest BCUT2D eigenvalue weighted by molar-refractivity contribution is 5.36. The van der Waals surface area contributed by atoms with Gasteiger partial charge in [0, 0.05) is 0 Å². The molecule has 2 nitrogen and oxygen atoms in total. The van der Waals surface area contributed by atoms with E-state index in [-0.39, 0.29) is 11.5 Å². The molecule has 1 aromatic rings. The lowest BCUT2D eigenvalue weighted by atomic mass is 9.80. The fourth-order valence-corrected chi connectivity index (χ4v) is 2.05. The highest BCUT2D eigenvalue weighted by Crippen LogP contribution is 2.31. The number of aliphatic hydroxyl groups is 1. The van der Waals surface area contributed by atoms with Crippen molar-refractivity contribution in [3.8, 4) is 0 Å². The van der Waals surface area contributed by atoms with E-state index < -0.39 is 6.10 Å². The molecule has 90 valence electrons. The molecule has 2 heteroatoms. The maximum absolute atomic E-state index is 10.2. The van der Waals surface area contributed by atoms with Crippen LogP contribution >= 0.6 is 0 Å². The van der Waals surface area contributed by atoms with Crippen LogP contribution in [0.2, 0.25) is 0 Å². The molecule has 1 aromatic carbocycles. The van der Waals surface area contributed by atoms with E-state index in [0.717, 1.165) is 16.7 Å². The Hall–Kier alpha value is -0.860. The molecule has 1 rings (SSSR count). The molecule has 0 saturated carbocycles. The Balaban J connectivity index is 3.10. The predicted octanol–water partition coefficient (Wildman–Crippen LogP) is 2.71. The van der Waals surface area contributed by atoms with Gasteiger partial charge in [0.15, 0.2) is 0 Å². The van der Waals surface area contributed by atoms with Crippen molar-refractivity contribution in [2.45, 2.75) is 46.8 Å². The van der Waals surface area contributed by atoms with Crippen molar-refractivity contribution in [3.05, 3.63) is 34.9 Å². The molecule has 0 bridgehead atoms. The molecule has 16 heavy (non-hydrogen) atoms. The second kappa shape index (κ2) is 4.56. The van der Waals surface area contributed by atoms with Crippen LogP contribution in [0.15, 0.2) is 18.2 Å². The molecule has 0 aromatic heterocycles. The Morgan fingerprint density at radius 3 is 1.94 bits per heavy atom. The molecule has 0 radical (unpaired) electrons. The van der Waals surface area contributed by atoms with Crippen LogP contribution in [0, 0.1) is 19.3 Å². The average Bonchev–Trinajstić information content (AvgIpc) is 2.14. The van der Waals surface area contributed by atoms with Gasteiger partial charge in [0.1, 0.15) is 0 Å². The van der Waals surface area contributed by atoms with E-state index in [2.05, 4.69) is 0 Å². The number of hydrogen-bond donors (Lipinski definition) is 2. The van der Waals surface area contributed by atoms with Crippen LogP contribution in [0.25, 0.3) is 0 Å². The van der Waals surface area contributed by atoms with Crippen LogP contribution in [-0.4, -0.2) is 11.2 Å². The van der Waals surface area contributed by atoms with Crippen molar-refractivity contribution in [2.24, 2.45) is 11.1 Å². The predicted molar refractivity (Wildman–Crippen MR) is 68.3 cm³/mol. The topological polar surface area (TPSA) is 46.2 Å². The first-order valence-corrected chi connectivity index (χ1v) is 5.75. The Labute approximate surface area is 98.5 Å². The van der Waals surface area contributed by atoms with Crippen molar-refractivity contribution in [3.63, 3.8) is 0 Å². The summed E-state index contributed by atoms with van der Waals surface area (Å²) < 4.78 is 0. The zero-order valence-electron chi connectivity index (χ0n) is 10.9. The van der Waals surface area contributed by atoms with E-state index in [9.17, 15) is 5.11 Å². The standard InChI is InChI=1S/C14H23NO/c1-9-7-6-8-10(2)11(9)12(15)13(16)14(3,4)5/h6-8,12-13,16H,15H2,1-5H3/t12-,13-/m1/s1. The number of aryl methyl sites for hydroxylation is 2. The van der Waals surface area contributed by atoms with Gasteiger partial charge in [-0.15, -0.1) is 0 Å². The quantitative estimate of drug-likeness (QED) is 0.806. The van der Waals surface area contributed by atoms with Gasteiger partial charge < -0.3 is 10.8 Å². The first-order chi connectivity index (χ1) is 7.25. The Morgan fingerprint density at radius 1 is 1.12 bits per heavy atom. The van der Waals surface area contributed by atoms with E-state index in [0.29, 0.717) is 0 Å². The summed E-state index contributed by atoms with van der Waals surface area (Å²) >= 11 is 0. The second-order valence-electron chi connectivity index (χ2n) is 5.64. The van der Waals surface area contributed by atoms with E-state index in [1.165, 1.54) is 0 Å². The van der Waals surface area contributed by atoms with Crippen LogP contribution in [0.4, 0.5) is 0 Å². The molecule has 0 aliphatic rings. The third kappa shape index (κ3) is 2.63. The van der Waals surface area contributed by atoms with Crippen molar-refractivity contribution < 1.29 is 5.11 Å². The fraction of sp³-hybridized carbons (Fsp3) is 0.571. The molecule has 0 aliphatic heterocycles. The SMILES string of the molecule is Cc1cccc(C)c1[C@@H](N)[C@@H](O)C(C)(C)C. The zero-order valence-corrected chi connectivity index (χ0v) is 10.9. The normalized spacial score (nSPS) is 15.9. The number of hydrogen-bond acceptors (Lipinski definition) is 2. The molecule has 0 fully saturated rings. The lowest BCUT2D eigenvalue weighted by Gasteiger charge is -2.32. The number of benzene rings is 1. The molecular formula is C14H23NO. The molecule has 3 N–H and O–H groups in total. The van der Waals surface area contributed by atoms with Crippen LogP contribution in [0.1, 0.15) is 43.5 Å². The Kier molecular flexibility index (Phi) is 3.76. The summed E-state index contributed by atoms with van der Waals surface area (Å²) in [7, 11) is 0. The van der Waals surface area contributed by atoms with Crippen LogP contribution in [-0.2, 0) is 0 Å². The van der Waals surface area contributed by atoms with Crippen molar-refractivity contribution in [2.75, 3.05) is 0 Å².